The lowest BCUT2D eigenvalue weighted by atomic mass is 10.3. The van der Waals surface area contributed by atoms with Crippen molar-refractivity contribution in [3.8, 4) is 0 Å². The molecule has 3 N–H and O–H groups in total. The molecule has 1 aromatic heterocycles. The molecule has 11 heteroatoms. The van der Waals surface area contributed by atoms with Gasteiger partial charge in [-0.2, -0.15) is 8.75 Å². The van der Waals surface area contributed by atoms with E-state index in [1.165, 1.54) is 12.1 Å². The third-order valence-corrected chi connectivity index (χ3v) is 5.03. The molecule has 0 fully saturated rings. The van der Waals surface area contributed by atoms with E-state index in [9.17, 15) is 16.8 Å². The van der Waals surface area contributed by atoms with Gasteiger partial charge in [0.25, 0.3) is 0 Å². The second-order valence-electron chi connectivity index (χ2n) is 3.65. The van der Waals surface area contributed by atoms with Crippen LogP contribution < -0.4 is 9.86 Å². The first-order valence-corrected chi connectivity index (χ1v) is 8.94. The fourth-order valence-corrected chi connectivity index (χ4v) is 3.71. The molecule has 0 spiro atoms. The highest BCUT2D eigenvalue weighted by atomic mass is 32.2. The van der Waals surface area contributed by atoms with Crippen molar-refractivity contribution in [2.24, 2.45) is 5.14 Å². The van der Waals surface area contributed by atoms with E-state index >= 15 is 0 Å². The van der Waals surface area contributed by atoms with Crippen molar-refractivity contribution in [1.29, 1.82) is 0 Å². The lowest BCUT2D eigenvalue weighted by Crippen LogP contribution is -2.31. The summed E-state index contributed by atoms with van der Waals surface area (Å²) >= 11 is 0.903. The first-order chi connectivity index (χ1) is 8.80. The Morgan fingerprint density at radius 3 is 2.63 bits per heavy atom. The molecule has 104 valence electrons. The van der Waals surface area contributed by atoms with Gasteiger partial charge in [0.2, 0.25) is 20.0 Å². The predicted octanol–water partition coefficient (Wildman–Crippen LogP) is -0.742. The van der Waals surface area contributed by atoms with E-state index in [1.54, 1.807) is 6.07 Å². The van der Waals surface area contributed by atoms with Gasteiger partial charge in [-0.1, -0.05) is 6.07 Å². The maximum absolute atomic E-state index is 12.0. The molecule has 2 rings (SSSR count). The van der Waals surface area contributed by atoms with Crippen molar-refractivity contribution >= 4 is 42.8 Å². The largest absolute Gasteiger partial charge is 0.242 e. The molecule has 8 nitrogen and oxygen atoms in total. The van der Waals surface area contributed by atoms with Crippen LogP contribution in [-0.2, 0) is 20.0 Å². The quantitative estimate of drug-likeness (QED) is 0.745. The van der Waals surface area contributed by atoms with E-state index in [1.807, 2.05) is 0 Å². The van der Waals surface area contributed by atoms with Gasteiger partial charge >= 0.3 is 0 Å². The number of rotatable bonds is 5. The van der Waals surface area contributed by atoms with Crippen molar-refractivity contribution < 1.29 is 16.8 Å². The van der Waals surface area contributed by atoms with Crippen LogP contribution in [0.5, 0.6) is 0 Å². The monoisotopic (exact) mass is 322 g/mol. The molecule has 0 atom stereocenters. The van der Waals surface area contributed by atoms with E-state index in [4.69, 9.17) is 5.14 Å². The number of sulfonamides is 2. The van der Waals surface area contributed by atoms with Crippen molar-refractivity contribution in [1.82, 2.24) is 13.5 Å². The average molecular weight is 322 g/mol. The van der Waals surface area contributed by atoms with Crippen LogP contribution in [0.2, 0.25) is 0 Å². The Morgan fingerprint density at radius 2 is 1.95 bits per heavy atom. The van der Waals surface area contributed by atoms with E-state index < -0.39 is 25.8 Å². The summed E-state index contributed by atoms with van der Waals surface area (Å²) in [6.45, 7) is -0.297. The summed E-state index contributed by atoms with van der Waals surface area (Å²) < 4.78 is 55.5. The molecule has 2 aromatic rings. The molecular formula is C8H10N4O4S3. The predicted molar refractivity (Wildman–Crippen MR) is 70.6 cm³/mol. The van der Waals surface area contributed by atoms with Crippen LogP contribution in [0.3, 0.4) is 0 Å². The number of aromatic nitrogens is 2. The van der Waals surface area contributed by atoms with Crippen molar-refractivity contribution in [3.63, 3.8) is 0 Å². The summed E-state index contributed by atoms with van der Waals surface area (Å²) in [4.78, 5) is -0.0341. The van der Waals surface area contributed by atoms with Gasteiger partial charge in [-0.25, -0.2) is 26.7 Å². The highest BCUT2D eigenvalue weighted by Crippen LogP contribution is 2.20. The van der Waals surface area contributed by atoms with Crippen molar-refractivity contribution in [2.45, 2.75) is 4.90 Å². The maximum Gasteiger partial charge on any atom is 0.242 e. The van der Waals surface area contributed by atoms with Crippen LogP contribution in [0.25, 0.3) is 11.0 Å². The van der Waals surface area contributed by atoms with Crippen molar-refractivity contribution in [2.75, 3.05) is 12.3 Å². The molecule has 1 aromatic carbocycles. The van der Waals surface area contributed by atoms with Gasteiger partial charge < -0.3 is 0 Å². The Balaban J connectivity index is 2.27. The molecule has 0 radical (unpaired) electrons. The minimum absolute atomic E-state index is 0.0341. The zero-order valence-corrected chi connectivity index (χ0v) is 11.9. The molecule has 0 aliphatic carbocycles. The fourth-order valence-electron chi connectivity index (χ4n) is 1.39. The highest BCUT2D eigenvalue weighted by molar-refractivity contribution is 7.90. The number of hydrogen-bond donors (Lipinski definition) is 2. The van der Waals surface area contributed by atoms with Gasteiger partial charge in [0.15, 0.2) is 0 Å². The van der Waals surface area contributed by atoms with Gasteiger partial charge in [-0.15, -0.1) is 0 Å². The zero-order valence-electron chi connectivity index (χ0n) is 9.48. The topological polar surface area (TPSA) is 132 Å². The summed E-state index contributed by atoms with van der Waals surface area (Å²) in [6.07, 6.45) is 0. The summed E-state index contributed by atoms with van der Waals surface area (Å²) in [5.74, 6) is -0.475. The Morgan fingerprint density at radius 1 is 1.21 bits per heavy atom. The first-order valence-electron chi connectivity index (χ1n) is 5.01. The van der Waals surface area contributed by atoms with Gasteiger partial charge in [0.05, 0.1) is 17.5 Å². The fraction of sp³-hybridized carbons (Fsp3) is 0.250. The van der Waals surface area contributed by atoms with Crippen LogP contribution in [-0.4, -0.2) is 37.9 Å². The second-order valence-corrected chi connectivity index (χ2v) is 7.65. The van der Waals surface area contributed by atoms with E-state index in [-0.39, 0.29) is 17.0 Å². The summed E-state index contributed by atoms with van der Waals surface area (Å²) in [5.41, 5.74) is 0.731. The number of benzene rings is 1. The van der Waals surface area contributed by atoms with E-state index in [0.717, 1.165) is 11.7 Å². The average Bonchev–Trinajstić information content (AvgIpc) is 2.73. The number of primary sulfonamides is 1. The normalized spacial score (nSPS) is 12.9. The maximum atomic E-state index is 12.0. The van der Waals surface area contributed by atoms with Crippen LogP contribution in [0.1, 0.15) is 0 Å². The highest BCUT2D eigenvalue weighted by Gasteiger charge is 2.19. The Labute approximate surface area is 114 Å². The number of nitrogens with zero attached hydrogens (tertiary/aromatic N) is 2. The molecule has 0 aliphatic heterocycles. The second kappa shape index (κ2) is 5.09. The van der Waals surface area contributed by atoms with Crippen molar-refractivity contribution in [3.05, 3.63) is 18.2 Å². The number of nitrogens with one attached hydrogen (secondary N) is 1. The lowest BCUT2D eigenvalue weighted by molar-refractivity contribution is 0.582. The number of fused-ring (bicyclic) bond motifs is 1. The Hall–Kier alpha value is -1.14. The minimum Gasteiger partial charge on any atom is -0.229 e. The zero-order chi connectivity index (χ0) is 14.1. The standard InChI is InChI=1S/C8H10N4O4S3/c9-18(13,14)5-4-10-19(15,16)7-3-1-2-6-8(7)12-17-11-6/h1-3,10H,4-5H2,(H2,9,13,14). The molecule has 0 amide bonds. The first kappa shape index (κ1) is 14.3. The lowest BCUT2D eigenvalue weighted by Gasteiger charge is -2.06. The van der Waals surface area contributed by atoms with Crippen LogP contribution in [0.15, 0.2) is 23.1 Å². The third kappa shape index (κ3) is 3.45. The van der Waals surface area contributed by atoms with Gasteiger partial charge in [0.1, 0.15) is 15.9 Å². The summed E-state index contributed by atoms with van der Waals surface area (Å²) in [7, 11) is -7.56. The molecule has 0 saturated heterocycles. The molecule has 0 bridgehead atoms. The van der Waals surface area contributed by atoms with Gasteiger partial charge in [0, 0.05) is 6.54 Å². The number of nitrogens with two attached hydrogens (primary N) is 1. The Kier molecular flexibility index (Phi) is 3.82. The Bertz CT molecular complexity index is 796. The SMILES string of the molecule is NS(=O)(=O)CCNS(=O)(=O)c1cccc2nsnc12. The van der Waals surface area contributed by atoms with E-state index in [2.05, 4.69) is 13.5 Å². The van der Waals surface area contributed by atoms with Crippen LogP contribution >= 0.6 is 11.7 Å². The molecule has 0 saturated carbocycles. The van der Waals surface area contributed by atoms with Gasteiger partial charge in [-0.3, -0.25) is 0 Å². The van der Waals surface area contributed by atoms with Gasteiger partial charge in [-0.05, 0) is 12.1 Å². The van der Waals surface area contributed by atoms with Crippen LogP contribution in [0.4, 0.5) is 0 Å². The molecule has 19 heavy (non-hydrogen) atoms. The molecular weight excluding hydrogens is 312 g/mol. The summed E-state index contributed by atoms with van der Waals surface area (Å²) in [5, 5.41) is 4.79. The van der Waals surface area contributed by atoms with E-state index in [0.29, 0.717) is 5.52 Å². The molecule has 0 unspecified atom stereocenters. The smallest absolute Gasteiger partial charge is 0.229 e. The number of hydrogen-bond acceptors (Lipinski definition) is 7. The molecule has 1 heterocycles. The molecule has 0 aliphatic rings. The third-order valence-electron chi connectivity index (χ3n) is 2.22. The minimum atomic E-state index is -3.85. The summed E-state index contributed by atoms with van der Waals surface area (Å²) in [6, 6.07) is 4.56. The van der Waals surface area contributed by atoms with Crippen LogP contribution in [0, 0.1) is 0 Å².